The van der Waals surface area contributed by atoms with Gasteiger partial charge in [-0.25, -0.2) is 4.98 Å². The normalized spacial score (nSPS) is 10.3. The van der Waals surface area contributed by atoms with Crippen LogP contribution in [0.3, 0.4) is 0 Å². The summed E-state index contributed by atoms with van der Waals surface area (Å²) >= 11 is 0. The van der Waals surface area contributed by atoms with E-state index in [0.29, 0.717) is 24.5 Å². The lowest BCUT2D eigenvalue weighted by molar-refractivity contribution is 0.995. The summed E-state index contributed by atoms with van der Waals surface area (Å²) < 4.78 is 0. The number of hydrogen-bond donors (Lipinski definition) is 2. The molecule has 0 saturated carbocycles. The van der Waals surface area contributed by atoms with Crippen molar-refractivity contribution in [1.82, 2.24) is 4.98 Å². The first-order valence-electron chi connectivity index (χ1n) is 4.85. The minimum atomic E-state index is 0.351. The molecule has 6 nitrogen and oxygen atoms in total. The predicted octanol–water partition coefficient (Wildman–Crippen LogP) is 2.27. The van der Waals surface area contributed by atoms with E-state index in [1.54, 1.807) is 6.07 Å². The third-order valence-electron chi connectivity index (χ3n) is 2.07. The van der Waals surface area contributed by atoms with Crippen LogP contribution in [-0.2, 0) is 0 Å². The van der Waals surface area contributed by atoms with Crippen LogP contribution in [0.25, 0.3) is 16.5 Å². The number of azide groups is 1. The number of nitrogens with two attached hydrogens (primary N) is 2. The standard InChI is InChI=1S/C10H14N6/c1-7-8(4-2-3-5-14-16-13)6-9(11)10(12)15-7/h2,4,6H,3,5,11H2,1H3,(H2,12,15). The molecule has 0 bridgehead atoms. The number of nitrogens with zero attached hydrogens (tertiary/aromatic N) is 4. The van der Waals surface area contributed by atoms with E-state index in [4.69, 9.17) is 17.0 Å². The number of hydrogen-bond acceptors (Lipinski definition) is 4. The Balaban J connectivity index is 2.73. The summed E-state index contributed by atoms with van der Waals surface area (Å²) in [6.45, 7) is 2.31. The van der Waals surface area contributed by atoms with Crippen molar-refractivity contribution in [3.05, 3.63) is 33.8 Å². The Morgan fingerprint density at radius 2 is 2.31 bits per heavy atom. The van der Waals surface area contributed by atoms with Crippen LogP contribution >= 0.6 is 0 Å². The second kappa shape index (κ2) is 5.63. The maximum atomic E-state index is 8.09. The molecule has 0 aliphatic carbocycles. The van der Waals surface area contributed by atoms with Gasteiger partial charge in [-0.2, -0.15) is 0 Å². The lowest BCUT2D eigenvalue weighted by atomic mass is 10.1. The van der Waals surface area contributed by atoms with Gasteiger partial charge in [-0.05, 0) is 30.5 Å². The first kappa shape index (κ1) is 11.9. The Hall–Kier alpha value is -2.20. The molecule has 1 heterocycles. The van der Waals surface area contributed by atoms with Crippen molar-refractivity contribution in [3.63, 3.8) is 0 Å². The average Bonchev–Trinajstić information content (AvgIpc) is 2.25. The Kier molecular flexibility index (Phi) is 4.17. The summed E-state index contributed by atoms with van der Waals surface area (Å²) in [6, 6.07) is 1.78. The molecule has 1 aromatic rings. The maximum Gasteiger partial charge on any atom is 0.146 e. The third kappa shape index (κ3) is 3.18. The highest BCUT2D eigenvalue weighted by atomic mass is 15.1. The quantitative estimate of drug-likeness (QED) is 0.349. The van der Waals surface area contributed by atoms with E-state index >= 15 is 0 Å². The molecular weight excluding hydrogens is 204 g/mol. The predicted molar refractivity (Wildman–Crippen MR) is 65.5 cm³/mol. The minimum absolute atomic E-state index is 0.351. The van der Waals surface area contributed by atoms with Crippen molar-refractivity contribution in [2.45, 2.75) is 13.3 Å². The van der Waals surface area contributed by atoms with Gasteiger partial charge in [-0.3, -0.25) is 0 Å². The fourth-order valence-corrected chi connectivity index (χ4v) is 1.21. The van der Waals surface area contributed by atoms with Crippen LogP contribution < -0.4 is 11.5 Å². The number of aryl methyl sites for hydroxylation is 1. The zero-order chi connectivity index (χ0) is 12.0. The Bertz CT molecular complexity index is 445. The van der Waals surface area contributed by atoms with Gasteiger partial charge in [-0.1, -0.05) is 17.3 Å². The third-order valence-corrected chi connectivity index (χ3v) is 2.07. The number of nitrogen functional groups attached to an aromatic ring is 2. The molecule has 1 rings (SSSR count). The molecule has 0 saturated heterocycles. The molecule has 0 aliphatic heterocycles. The van der Waals surface area contributed by atoms with Gasteiger partial charge in [0, 0.05) is 17.2 Å². The van der Waals surface area contributed by atoms with Gasteiger partial charge in [0.1, 0.15) is 5.82 Å². The molecule has 0 aliphatic rings. The van der Waals surface area contributed by atoms with Crippen LogP contribution in [-0.4, -0.2) is 11.5 Å². The summed E-state index contributed by atoms with van der Waals surface area (Å²) in [6.07, 6.45) is 4.49. The molecule has 0 aromatic carbocycles. The fourth-order valence-electron chi connectivity index (χ4n) is 1.21. The van der Waals surface area contributed by atoms with Gasteiger partial charge in [-0.15, -0.1) is 0 Å². The number of aromatic nitrogens is 1. The fraction of sp³-hybridized carbons (Fsp3) is 0.300. The lowest BCUT2D eigenvalue weighted by Gasteiger charge is -2.04. The average molecular weight is 218 g/mol. The molecule has 0 fully saturated rings. The molecular formula is C10H14N6. The van der Waals surface area contributed by atoms with Gasteiger partial charge in [0.15, 0.2) is 0 Å². The summed E-state index contributed by atoms with van der Waals surface area (Å²) in [5.41, 5.74) is 21.5. The van der Waals surface area contributed by atoms with E-state index in [2.05, 4.69) is 15.0 Å². The summed E-state index contributed by atoms with van der Waals surface area (Å²) in [7, 11) is 0. The van der Waals surface area contributed by atoms with E-state index in [-0.39, 0.29) is 0 Å². The largest absolute Gasteiger partial charge is 0.396 e. The van der Waals surface area contributed by atoms with Crippen molar-refractivity contribution in [3.8, 4) is 0 Å². The van der Waals surface area contributed by atoms with Crippen molar-refractivity contribution in [2.24, 2.45) is 5.11 Å². The smallest absolute Gasteiger partial charge is 0.146 e. The zero-order valence-corrected chi connectivity index (χ0v) is 9.09. The number of anilines is 2. The molecule has 0 amide bonds. The summed E-state index contributed by atoms with van der Waals surface area (Å²) in [5, 5.41) is 3.43. The molecule has 6 heteroatoms. The van der Waals surface area contributed by atoms with Gasteiger partial charge < -0.3 is 11.5 Å². The van der Waals surface area contributed by atoms with Gasteiger partial charge in [0.05, 0.1) is 5.69 Å². The van der Waals surface area contributed by atoms with Crippen LogP contribution in [0, 0.1) is 6.92 Å². The first-order valence-corrected chi connectivity index (χ1v) is 4.85. The molecule has 0 unspecified atom stereocenters. The van der Waals surface area contributed by atoms with E-state index in [1.807, 2.05) is 19.1 Å². The lowest BCUT2D eigenvalue weighted by Crippen LogP contribution is -2.00. The van der Waals surface area contributed by atoms with Crippen LogP contribution in [0.5, 0.6) is 0 Å². The Morgan fingerprint density at radius 1 is 1.56 bits per heavy atom. The topological polar surface area (TPSA) is 114 Å². The van der Waals surface area contributed by atoms with E-state index in [9.17, 15) is 0 Å². The van der Waals surface area contributed by atoms with E-state index in [0.717, 1.165) is 11.3 Å². The van der Waals surface area contributed by atoms with E-state index < -0.39 is 0 Å². The van der Waals surface area contributed by atoms with Crippen molar-refractivity contribution >= 4 is 17.6 Å². The Labute approximate surface area is 93.6 Å². The molecule has 84 valence electrons. The molecule has 0 atom stereocenters. The van der Waals surface area contributed by atoms with Gasteiger partial charge in [0.25, 0.3) is 0 Å². The van der Waals surface area contributed by atoms with Crippen LogP contribution in [0.15, 0.2) is 17.3 Å². The second-order valence-corrected chi connectivity index (χ2v) is 3.28. The number of rotatable bonds is 4. The molecule has 0 spiro atoms. The Morgan fingerprint density at radius 3 is 3.00 bits per heavy atom. The second-order valence-electron chi connectivity index (χ2n) is 3.28. The first-order chi connectivity index (χ1) is 7.65. The highest BCUT2D eigenvalue weighted by molar-refractivity contribution is 5.65. The van der Waals surface area contributed by atoms with Crippen LogP contribution in [0.1, 0.15) is 17.7 Å². The molecule has 16 heavy (non-hydrogen) atoms. The SMILES string of the molecule is Cc1nc(N)c(N)cc1C=CCCN=[N+]=[N-]. The number of pyridine rings is 1. The summed E-state index contributed by atoms with van der Waals surface area (Å²) in [5.74, 6) is 0.351. The molecule has 4 N–H and O–H groups in total. The monoisotopic (exact) mass is 218 g/mol. The molecule has 0 radical (unpaired) electrons. The van der Waals surface area contributed by atoms with E-state index in [1.165, 1.54) is 0 Å². The highest BCUT2D eigenvalue weighted by Gasteiger charge is 2.00. The van der Waals surface area contributed by atoms with Crippen LogP contribution in [0.4, 0.5) is 11.5 Å². The van der Waals surface area contributed by atoms with Crippen LogP contribution in [0.2, 0.25) is 0 Å². The summed E-state index contributed by atoms with van der Waals surface area (Å²) in [4.78, 5) is 6.77. The van der Waals surface area contributed by atoms with Crippen molar-refractivity contribution in [2.75, 3.05) is 18.0 Å². The van der Waals surface area contributed by atoms with Crippen molar-refractivity contribution in [1.29, 1.82) is 0 Å². The highest BCUT2D eigenvalue weighted by Crippen LogP contribution is 2.17. The zero-order valence-electron chi connectivity index (χ0n) is 9.09. The van der Waals surface area contributed by atoms with Gasteiger partial charge in [0.2, 0.25) is 0 Å². The van der Waals surface area contributed by atoms with Gasteiger partial charge >= 0.3 is 0 Å². The minimum Gasteiger partial charge on any atom is -0.396 e. The molecule has 1 aromatic heterocycles. The van der Waals surface area contributed by atoms with Crippen molar-refractivity contribution < 1.29 is 0 Å². The maximum absolute atomic E-state index is 8.09.